The van der Waals surface area contributed by atoms with Gasteiger partial charge in [0.2, 0.25) is 10.0 Å². The van der Waals surface area contributed by atoms with Crippen LogP contribution in [0.5, 0.6) is 0 Å². The molecule has 2 rings (SSSR count). The molecule has 1 saturated heterocycles. The fourth-order valence-corrected chi connectivity index (χ4v) is 4.49. The first-order valence-corrected chi connectivity index (χ1v) is 9.22. The molecule has 118 valence electrons. The van der Waals surface area contributed by atoms with Gasteiger partial charge < -0.3 is 5.11 Å². The van der Waals surface area contributed by atoms with E-state index in [-0.39, 0.29) is 6.61 Å². The van der Waals surface area contributed by atoms with E-state index in [0.29, 0.717) is 23.9 Å². The van der Waals surface area contributed by atoms with Crippen LogP contribution >= 0.6 is 0 Å². The van der Waals surface area contributed by atoms with E-state index in [1.807, 2.05) is 0 Å². The van der Waals surface area contributed by atoms with E-state index < -0.39 is 10.0 Å². The molecule has 1 aromatic carbocycles. The van der Waals surface area contributed by atoms with Crippen LogP contribution in [0.15, 0.2) is 29.2 Å². The third-order valence-electron chi connectivity index (χ3n) is 4.25. The number of aliphatic hydroxyl groups excluding tert-OH is 1. The lowest BCUT2D eigenvalue weighted by atomic mass is 9.96. The lowest BCUT2D eigenvalue weighted by Crippen LogP contribution is -2.32. The second-order valence-electron chi connectivity index (χ2n) is 5.79. The predicted octanol–water partition coefficient (Wildman–Crippen LogP) is 2.77. The Kier molecular flexibility index (Phi) is 5.79. The van der Waals surface area contributed by atoms with Crippen molar-refractivity contribution in [1.29, 1.82) is 0 Å². The van der Waals surface area contributed by atoms with Gasteiger partial charge in [0.1, 0.15) is 0 Å². The molecule has 0 radical (unpaired) electrons. The van der Waals surface area contributed by atoms with Crippen LogP contribution in [-0.2, 0) is 16.6 Å². The van der Waals surface area contributed by atoms with E-state index in [4.69, 9.17) is 5.11 Å². The average Bonchev–Trinajstić information content (AvgIpc) is 2.74. The Morgan fingerprint density at radius 1 is 1.19 bits per heavy atom. The Labute approximate surface area is 127 Å². The molecule has 21 heavy (non-hydrogen) atoms. The van der Waals surface area contributed by atoms with Gasteiger partial charge in [-0.2, -0.15) is 4.31 Å². The molecule has 0 amide bonds. The van der Waals surface area contributed by atoms with Crippen molar-refractivity contribution in [2.24, 2.45) is 5.92 Å². The summed E-state index contributed by atoms with van der Waals surface area (Å²) in [4.78, 5) is 0.327. The summed E-state index contributed by atoms with van der Waals surface area (Å²) in [7, 11) is -3.40. The van der Waals surface area contributed by atoms with Crippen LogP contribution in [0.1, 0.15) is 44.6 Å². The highest BCUT2D eigenvalue weighted by atomic mass is 32.2. The molecule has 0 spiro atoms. The van der Waals surface area contributed by atoms with E-state index in [1.54, 1.807) is 28.6 Å². The van der Waals surface area contributed by atoms with Gasteiger partial charge in [-0.25, -0.2) is 8.42 Å². The van der Waals surface area contributed by atoms with Crippen molar-refractivity contribution in [3.8, 4) is 0 Å². The molecule has 0 aliphatic carbocycles. The predicted molar refractivity (Wildman–Crippen MR) is 83.4 cm³/mol. The second kappa shape index (κ2) is 7.38. The van der Waals surface area contributed by atoms with Crippen molar-refractivity contribution in [3.63, 3.8) is 0 Å². The quantitative estimate of drug-likeness (QED) is 0.909. The lowest BCUT2D eigenvalue weighted by Gasteiger charge is -2.20. The van der Waals surface area contributed by atoms with Crippen LogP contribution in [0.25, 0.3) is 0 Å². The fourth-order valence-electron chi connectivity index (χ4n) is 2.99. The average molecular weight is 311 g/mol. The third kappa shape index (κ3) is 4.05. The molecule has 1 atom stereocenters. The van der Waals surface area contributed by atoms with Gasteiger partial charge in [0.05, 0.1) is 11.5 Å². The van der Waals surface area contributed by atoms with Gasteiger partial charge in [-0.15, -0.1) is 0 Å². The molecule has 1 aliphatic heterocycles. The summed E-state index contributed by atoms with van der Waals surface area (Å²) in [6.07, 6.45) is 5.39. The summed E-state index contributed by atoms with van der Waals surface area (Å²) < 4.78 is 27.0. The molecule has 5 heteroatoms. The van der Waals surface area contributed by atoms with E-state index in [2.05, 4.69) is 6.92 Å². The van der Waals surface area contributed by atoms with E-state index in [9.17, 15) is 8.42 Å². The number of hydrogen-bond donors (Lipinski definition) is 1. The number of aliphatic hydroxyl groups is 1. The highest BCUT2D eigenvalue weighted by Crippen LogP contribution is 2.25. The minimum Gasteiger partial charge on any atom is -0.392 e. The van der Waals surface area contributed by atoms with Gasteiger partial charge in [0.25, 0.3) is 0 Å². The molecule has 1 N–H and O–H groups in total. The molecule has 1 fully saturated rings. The maximum absolute atomic E-state index is 12.7. The zero-order chi connectivity index (χ0) is 15.3. The Morgan fingerprint density at radius 3 is 2.52 bits per heavy atom. The maximum atomic E-state index is 12.7. The maximum Gasteiger partial charge on any atom is 0.243 e. The third-order valence-corrected chi connectivity index (χ3v) is 6.16. The highest BCUT2D eigenvalue weighted by molar-refractivity contribution is 7.89. The Balaban J connectivity index is 2.11. The monoisotopic (exact) mass is 311 g/mol. The Bertz CT molecular complexity index is 539. The molecule has 1 heterocycles. The van der Waals surface area contributed by atoms with Gasteiger partial charge in [-0.3, -0.25) is 0 Å². The van der Waals surface area contributed by atoms with E-state index in [0.717, 1.165) is 24.8 Å². The normalized spacial score (nSPS) is 21.1. The van der Waals surface area contributed by atoms with Crippen molar-refractivity contribution in [2.45, 2.75) is 50.5 Å². The summed E-state index contributed by atoms with van der Waals surface area (Å²) in [5.74, 6) is 0.659. The number of benzene rings is 1. The van der Waals surface area contributed by atoms with Gasteiger partial charge in [-0.05, 0) is 42.9 Å². The summed E-state index contributed by atoms with van der Waals surface area (Å²) in [6, 6.07) is 6.53. The SMILES string of the molecule is CCCC1CCCN(S(=O)(=O)c2ccc(CO)cc2)CC1. The number of sulfonamides is 1. The number of rotatable bonds is 5. The minimum absolute atomic E-state index is 0.0667. The van der Waals surface area contributed by atoms with Crippen molar-refractivity contribution < 1.29 is 13.5 Å². The van der Waals surface area contributed by atoms with Gasteiger partial charge in [0.15, 0.2) is 0 Å². The molecule has 1 unspecified atom stereocenters. The first-order valence-electron chi connectivity index (χ1n) is 7.78. The molecule has 1 aromatic rings. The second-order valence-corrected chi connectivity index (χ2v) is 7.73. The first-order chi connectivity index (χ1) is 10.1. The Morgan fingerprint density at radius 2 is 1.90 bits per heavy atom. The molecule has 1 aliphatic rings. The van der Waals surface area contributed by atoms with Crippen LogP contribution in [0.2, 0.25) is 0 Å². The minimum atomic E-state index is -3.40. The molecular weight excluding hydrogens is 286 g/mol. The van der Waals surface area contributed by atoms with Crippen LogP contribution in [0, 0.1) is 5.92 Å². The van der Waals surface area contributed by atoms with Gasteiger partial charge >= 0.3 is 0 Å². The van der Waals surface area contributed by atoms with Gasteiger partial charge in [-0.1, -0.05) is 31.9 Å². The van der Waals surface area contributed by atoms with Gasteiger partial charge in [0, 0.05) is 13.1 Å². The van der Waals surface area contributed by atoms with Crippen molar-refractivity contribution in [1.82, 2.24) is 4.31 Å². The standard InChI is InChI=1S/C16H25NO3S/c1-2-4-14-5-3-11-17(12-10-14)21(19,20)16-8-6-15(13-18)7-9-16/h6-9,14,18H,2-5,10-13H2,1H3. The smallest absolute Gasteiger partial charge is 0.243 e. The summed E-state index contributed by atoms with van der Waals surface area (Å²) in [5.41, 5.74) is 0.729. The zero-order valence-electron chi connectivity index (χ0n) is 12.7. The molecule has 0 saturated carbocycles. The van der Waals surface area contributed by atoms with Crippen LogP contribution in [0.4, 0.5) is 0 Å². The lowest BCUT2D eigenvalue weighted by molar-refractivity contribution is 0.281. The van der Waals surface area contributed by atoms with E-state index >= 15 is 0 Å². The molecule has 0 aromatic heterocycles. The first kappa shape index (κ1) is 16.5. The van der Waals surface area contributed by atoms with Crippen molar-refractivity contribution in [2.75, 3.05) is 13.1 Å². The van der Waals surface area contributed by atoms with Crippen LogP contribution in [0.3, 0.4) is 0 Å². The molecule has 4 nitrogen and oxygen atoms in total. The summed E-state index contributed by atoms with van der Waals surface area (Å²) >= 11 is 0. The summed E-state index contributed by atoms with van der Waals surface area (Å²) in [6.45, 7) is 3.35. The van der Waals surface area contributed by atoms with Crippen molar-refractivity contribution in [3.05, 3.63) is 29.8 Å². The largest absolute Gasteiger partial charge is 0.392 e. The molecular formula is C16H25NO3S. The summed E-state index contributed by atoms with van der Waals surface area (Å²) in [5, 5.41) is 9.04. The van der Waals surface area contributed by atoms with E-state index in [1.165, 1.54) is 12.8 Å². The number of hydrogen-bond acceptors (Lipinski definition) is 3. The Hall–Kier alpha value is -0.910. The fraction of sp³-hybridized carbons (Fsp3) is 0.625. The van der Waals surface area contributed by atoms with Crippen LogP contribution < -0.4 is 0 Å². The van der Waals surface area contributed by atoms with Crippen molar-refractivity contribution >= 4 is 10.0 Å². The highest BCUT2D eigenvalue weighted by Gasteiger charge is 2.27. The van der Waals surface area contributed by atoms with Crippen LogP contribution in [-0.4, -0.2) is 30.9 Å². The zero-order valence-corrected chi connectivity index (χ0v) is 13.5. The number of nitrogens with zero attached hydrogens (tertiary/aromatic N) is 1. The topological polar surface area (TPSA) is 57.6 Å². The molecule has 0 bridgehead atoms.